The van der Waals surface area contributed by atoms with Gasteiger partial charge in [-0.1, -0.05) is 19.9 Å². The molecule has 1 rings (SSSR count). The van der Waals surface area contributed by atoms with Crippen LogP contribution in [0, 0.1) is 0 Å². The van der Waals surface area contributed by atoms with Gasteiger partial charge in [-0.3, -0.25) is 4.79 Å². The Morgan fingerprint density at radius 1 is 0.861 bits per heavy atom. The first-order valence-corrected chi connectivity index (χ1v) is 11.7. The number of carboxylic acid groups (broad SMARTS) is 1. The summed E-state index contributed by atoms with van der Waals surface area (Å²) in [7, 11) is 0. The van der Waals surface area contributed by atoms with Crippen molar-refractivity contribution < 1.29 is 52.7 Å². The Bertz CT molecular complexity index is 872. The summed E-state index contributed by atoms with van der Waals surface area (Å²) in [5, 5.41) is 12.4. The van der Waals surface area contributed by atoms with E-state index in [9.17, 15) is 24.3 Å². The van der Waals surface area contributed by atoms with Crippen LogP contribution in [0.1, 0.15) is 53.0 Å². The first-order valence-electron chi connectivity index (χ1n) is 11.7. The highest BCUT2D eigenvalue weighted by Gasteiger charge is 2.22. The number of nitrogens with one attached hydrogen (secondary N) is 1. The third-order valence-corrected chi connectivity index (χ3v) is 4.26. The third-order valence-electron chi connectivity index (χ3n) is 4.26. The van der Waals surface area contributed by atoms with Crippen molar-refractivity contribution in [2.45, 2.75) is 72.1 Å². The van der Waals surface area contributed by atoms with Gasteiger partial charge in [0.25, 0.3) is 0 Å². The normalized spacial score (nSPS) is 12.3. The highest BCUT2D eigenvalue weighted by atomic mass is 16.7. The van der Waals surface area contributed by atoms with Crippen molar-refractivity contribution in [3.63, 3.8) is 0 Å². The number of benzene rings is 1. The zero-order chi connectivity index (χ0) is 27.1. The topological polar surface area (TPSA) is 156 Å². The van der Waals surface area contributed by atoms with Crippen molar-refractivity contribution in [2.24, 2.45) is 0 Å². The van der Waals surface area contributed by atoms with Gasteiger partial charge in [0.2, 0.25) is 0 Å². The van der Waals surface area contributed by atoms with E-state index < -0.39 is 36.6 Å². The zero-order valence-electron chi connectivity index (χ0n) is 21.2. The maximum atomic E-state index is 12.0. The number of aliphatic carboxylic acids is 1. The first-order chi connectivity index (χ1) is 17.0. The van der Waals surface area contributed by atoms with E-state index in [4.69, 9.17) is 28.4 Å². The second-order valence-electron chi connectivity index (χ2n) is 8.03. The number of hydrogen-bond donors (Lipinski definition) is 2. The molecule has 1 aromatic rings. The third kappa shape index (κ3) is 12.2. The lowest BCUT2D eigenvalue weighted by molar-refractivity contribution is -0.139. The predicted molar refractivity (Wildman–Crippen MR) is 126 cm³/mol. The van der Waals surface area contributed by atoms with Gasteiger partial charge in [0.05, 0.1) is 19.3 Å². The van der Waals surface area contributed by atoms with Gasteiger partial charge in [0, 0.05) is 6.54 Å². The first kappa shape index (κ1) is 30.5. The van der Waals surface area contributed by atoms with Crippen molar-refractivity contribution in [2.75, 3.05) is 19.8 Å². The largest absolute Gasteiger partial charge is 0.513 e. The summed E-state index contributed by atoms with van der Waals surface area (Å²) < 4.78 is 30.1. The molecule has 12 nitrogen and oxygen atoms in total. The molecule has 12 heteroatoms. The summed E-state index contributed by atoms with van der Waals surface area (Å²) in [6.45, 7) is 8.89. The molecule has 0 fully saturated rings. The molecule has 0 aliphatic carbocycles. The standard InChI is InChI=1S/C24H35NO11/c1-6-10-31-22(28)35-19-9-8-17(13-20(19)36-23(29)32-11-7-2)12-18(21(26)27)25-14-16(5)34-24(30)33-15(3)4/h8-9,13,15-16,18,25H,6-7,10-12,14H2,1-5H3,(H,26,27)/t16?,18-/m0/s1. The fraction of sp³-hybridized carbons (Fsp3) is 0.583. The summed E-state index contributed by atoms with van der Waals surface area (Å²) in [6.07, 6.45) is -2.71. The second-order valence-corrected chi connectivity index (χ2v) is 8.03. The molecule has 0 bridgehead atoms. The lowest BCUT2D eigenvalue weighted by atomic mass is 10.0. The van der Waals surface area contributed by atoms with E-state index in [1.807, 2.05) is 13.8 Å². The van der Waals surface area contributed by atoms with E-state index in [-0.39, 0.29) is 43.8 Å². The van der Waals surface area contributed by atoms with E-state index in [2.05, 4.69) is 5.32 Å². The van der Waals surface area contributed by atoms with Crippen LogP contribution in [0.5, 0.6) is 11.5 Å². The molecule has 0 spiro atoms. The Labute approximate surface area is 210 Å². The highest BCUT2D eigenvalue weighted by Crippen LogP contribution is 2.30. The number of carbonyl (C=O) groups excluding carboxylic acids is 3. The van der Waals surface area contributed by atoms with Crippen LogP contribution in [0.4, 0.5) is 14.4 Å². The van der Waals surface area contributed by atoms with Gasteiger partial charge in [0.15, 0.2) is 11.5 Å². The molecule has 2 N–H and O–H groups in total. The van der Waals surface area contributed by atoms with E-state index in [1.54, 1.807) is 20.8 Å². The van der Waals surface area contributed by atoms with Crippen molar-refractivity contribution in [1.82, 2.24) is 5.32 Å². The fourth-order valence-electron chi connectivity index (χ4n) is 2.67. The Balaban J connectivity index is 2.94. The Morgan fingerprint density at radius 3 is 1.97 bits per heavy atom. The number of rotatable bonds is 14. The minimum absolute atomic E-state index is 0.0284. The van der Waals surface area contributed by atoms with Gasteiger partial charge >= 0.3 is 24.4 Å². The lowest BCUT2D eigenvalue weighted by Gasteiger charge is -2.19. The molecule has 0 amide bonds. The quantitative estimate of drug-likeness (QED) is 0.209. The average Bonchev–Trinajstić information content (AvgIpc) is 2.79. The van der Waals surface area contributed by atoms with E-state index in [1.165, 1.54) is 18.2 Å². The molecule has 36 heavy (non-hydrogen) atoms. The molecule has 0 aromatic heterocycles. The lowest BCUT2D eigenvalue weighted by Crippen LogP contribution is -2.42. The van der Waals surface area contributed by atoms with Gasteiger partial charge in [-0.15, -0.1) is 0 Å². The van der Waals surface area contributed by atoms with Crippen molar-refractivity contribution in [3.05, 3.63) is 23.8 Å². The Morgan fingerprint density at radius 2 is 1.44 bits per heavy atom. The maximum absolute atomic E-state index is 12.0. The number of carboxylic acids is 1. The predicted octanol–water partition coefficient (Wildman–Crippen LogP) is 4.07. The van der Waals surface area contributed by atoms with Crippen LogP contribution in [0.15, 0.2) is 18.2 Å². The molecular formula is C24H35NO11. The number of hydrogen-bond acceptors (Lipinski definition) is 11. The molecule has 1 unspecified atom stereocenters. The average molecular weight is 514 g/mol. The molecule has 2 atom stereocenters. The number of carbonyl (C=O) groups is 4. The molecule has 0 aliphatic heterocycles. The van der Waals surface area contributed by atoms with Gasteiger partial charge in [-0.2, -0.15) is 0 Å². The minimum atomic E-state index is -1.15. The second kappa shape index (κ2) is 16.2. The minimum Gasteiger partial charge on any atom is -0.480 e. The van der Waals surface area contributed by atoms with E-state index in [0.29, 0.717) is 18.4 Å². The molecule has 0 heterocycles. The van der Waals surface area contributed by atoms with Crippen LogP contribution < -0.4 is 14.8 Å². The van der Waals surface area contributed by atoms with Crippen LogP contribution in [-0.2, 0) is 30.2 Å². The molecule has 0 radical (unpaired) electrons. The van der Waals surface area contributed by atoms with Crippen LogP contribution in [0.25, 0.3) is 0 Å². The Kier molecular flexibility index (Phi) is 13.7. The molecule has 0 saturated heterocycles. The summed E-state index contributed by atoms with van der Waals surface area (Å²) >= 11 is 0. The van der Waals surface area contributed by atoms with Gasteiger partial charge in [-0.05, 0) is 57.7 Å². The smallest absolute Gasteiger partial charge is 0.480 e. The summed E-state index contributed by atoms with van der Waals surface area (Å²) in [6, 6.07) is 3.17. The van der Waals surface area contributed by atoms with Crippen molar-refractivity contribution in [1.29, 1.82) is 0 Å². The van der Waals surface area contributed by atoms with Crippen molar-refractivity contribution >= 4 is 24.4 Å². The van der Waals surface area contributed by atoms with Gasteiger partial charge < -0.3 is 38.8 Å². The Hall–Kier alpha value is -3.54. The monoisotopic (exact) mass is 513 g/mol. The molecule has 0 aliphatic rings. The molecule has 202 valence electrons. The summed E-state index contributed by atoms with van der Waals surface area (Å²) in [5.41, 5.74) is 0.454. The van der Waals surface area contributed by atoms with Crippen LogP contribution in [0.2, 0.25) is 0 Å². The summed E-state index contributed by atoms with van der Waals surface area (Å²) in [4.78, 5) is 47.2. The molecule has 1 aromatic carbocycles. The van der Waals surface area contributed by atoms with Crippen LogP contribution in [-0.4, -0.2) is 67.6 Å². The maximum Gasteiger partial charge on any atom is 0.513 e. The van der Waals surface area contributed by atoms with Gasteiger partial charge in [-0.25, -0.2) is 14.4 Å². The number of ether oxygens (including phenoxy) is 6. The van der Waals surface area contributed by atoms with Gasteiger partial charge in [0.1, 0.15) is 12.1 Å². The fourth-order valence-corrected chi connectivity index (χ4v) is 2.67. The highest BCUT2D eigenvalue weighted by molar-refractivity contribution is 5.74. The van der Waals surface area contributed by atoms with E-state index >= 15 is 0 Å². The SMILES string of the molecule is CCCOC(=O)Oc1ccc(C[C@H](NCC(C)OC(=O)OC(C)C)C(=O)O)cc1OC(=O)OCCC. The van der Waals surface area contributed by atoms with Crippen molar-refractivity contribution in [3.8, 4) is 11.5 Å². The summed E-state index contributed by atoms with van der Waals surface area (Å²) in [5.74, 6) is -1.39. The van der Waals surface area contributed by atoms with Crippen LogP contribution in [0.3, 0.4) is 0 Å². The van der Waals surface area contributed by atoms with Crippen LogP contribution >= 0.6 is 0 Å². The molecule has 0 saturated carbocycles. The van der Waals surface area contributed by atoms with E-state index in [0.717, 1.165) is 0 Å². The zero-order valence-corrected chi connectivity index (χ0v) is 21.2. The molecular weight excluding hydrogens is 478 g/mol.